The van der Waals surface area contributed by atoms with Crippen molar-refractivity contribution in [1.82, 2.24) is 0 Å². The molecule has 1 aliphatic carbocycles. The van der Waals surface area contributed by atoms with Crippen molar-refractivity contribution in [1.29, 1.82) is 0 Å². The van der Waals surface area contributed by atoms with Gasteiger partial charge in [0.25, 0.3) is 0 Å². The molecule has 0 aromatic heterocycles. The zero-order chi connectivity index (χ0) is 13.4. The summed E-state index contributed by atoms with van der Waals surface area (Å²) in [4.78, 5) is 11.9. The van der Waals surface area contributed by atoms with Crippen LogP contribution < -0.4 is 0 Å². The number of benzene rings is 2. The van der Waals surface area contributed by atoms with Gasteiger partial charge in [-0.2, -0.15) is 0 Å². The second-order valence-electron chi connectivity index (χ2n) is 5.30. The third-order valence-electron chi connectivity index (χ3n) is 4.21. The summed E-state index contributed by atoms with van der Waals surface area (Å²) in [7, 11) is 0. The second-order valence-corrected chi connectivity index (χ2v) is 5.30. The average Bonchev–Trinajstić information content (AvgIpc) is 2.42. The maximum absolute atomic E-state index is 11.9. The standard InChI is InChI=1S/C18H18O/c1-3-15(12(2)19)16-11-10-14-7-4-6-13-8-5-9-17(16)18(13)14/h4-11,15-16H,3H2,1-2H3. The van der Waals surface area contributed by atoms with Gasteiger partial charge in [-0.1, -0.05) is 55.5 Å². The van der Waals surface area contributed by atoms with Crippen LogP contribution >= 0.6 is 0 Å². The van der Waals surface area contributed by atoms with Crippen LogP contribution in [-0.2, 0) is 4.79 Å². The van der Waals surface area contributed by atoms with Crippen molar-refractivity contribution in [3.63, 3.8) is 0 Å². The average molecular weight is 250 g/mol. The number of ketones is 1. The van der Waals surface area contributed by atoms with E-state index in [9.17, 15) is 4.79 Å². The largest absolute Gasteiger partial charge is 0.300 e. The van der Waals surface area contributed by atoms with Gasteiger partial charge >= 0.3 is 0 Å². The molecule has 1 heteroatoms. The number of hydrogen-bond donors (Lipinski definition) is 0. The lowest BCUT2D eigenvalue weighted by molar-refractivity contribution is -0.121. The van der Waals surface area contributed by atoms with Gasteiger partial charge in [-0.15, -0.1) is 0 Å². The molecule has 2 aromatic carbocycles. The summed E-state index contributed by atoms with van der Waals surface area (Å²) < 4.78 is 0. The van der Waals surface area contributed by atoms with Crippen LogP contribution in [0.25, 0.3) is 16.8 Å². The molecule has 0 N–H and O–H groups in total. The fourth-order valence-electron chi connectivity index (χ4n) is 3.27. The minimum Gasteiger partial charge on any atom is -0.300 e. The number of rotatable bonds is 3. The van der Waals surface area contributed by atoms with Crippen molar-refractivity contribution >= 4 is 22.6 Å². The summed E-state index contributed by atoms with van der Waals surface area (Å²) in [6.07, 6.45) is 5.27. The third kappa shape index (κ3) is 1.90. The van der Waals surface area contributed by atoms with Crippen molar-refractivity contribution in [2.24, 2.45) is 5.92 Å². The number of hydrogen-bond acceptors (Lipinski definition) is 1. The molecular weight excluding hydrogens is 232 g/mol. The fraction of sp³-hybridized carbons (Fsp3) is 0.278. The molecule has 2 atom stereocenters. The van der Waals surface area contributed by atoms with Crippen LogP contribution in [-0.4, -0.2) is 5.78 Å². The Labute approximate surface area is 113 Å². The SMILES string of the molecule is CCC(C(C)=O)C1C=Cc2cccc3cccc1c23. The molecule has 0 amide bonds. The molecule has 0 radical (unpaired) electrons. The molecule has 1 aliphatic rings. The number of carbonyl (C=O) groups excluding carboxylic acids is 1. The summed E-state index contributed by atoms with van der Waals surface area (Å²) >= 11 is 0. The van der Waals surface area contributed by atoms with Gasteiger partial charge < -0.3 is 0 Å². The smallest absolute Gasteiger partial charge is 0.133 e. The van der Waals surface area contributed by atoms with E-state index in [2.05, 4.69) is 55.5 Å². The van der Waals surface area contributed by atoms with Crippen LogP contribution in [0.2, 0.25) is 0 Å². The lowest BCUT2D eigenvalue weighted by Gasteiger charge is -2.26. The molecule has 0 heterocycles. The normalized spacial score (nSPS) is 18.5. The predicted octanol–water partition coefficient (Wildman–Crippen LogP) is 4.57. The Kier molecular flexibility index (Phi) is 2.98. The Hall–Kier alpha value is -1.89. The summed E-state index contributed by atoms with van der Waals surface area (Å²) in [5.74, 6) is 0.602. The maximum atomic E-state index is 11.9. The van der Waals surface area contributed by atoms with Gasteiger partial charge in [0.15, 0.2) is 0 Å². The molecule has 0 aliphatic heterocycles. The number of Topliss-reactive ketones (excluding diaryl/α,β-unsaturated/α-hetero) is 1. The fourth-order valence-corrected chi connectivity index (χ4v) is 3.27. The zero-order valence-corrected chi connectivity index (χ0v) is 11.4. The zero-order valence-electron chi connectivity index (χ0n) is 11.4. The minimum atomic E-state index is 0.0928. The van der Waals surface area contributed by atoms with Gasteiger partial charge in [0.05, 0.1) is 0 Å². The Morgan fingerprint density at radius 3 is 2.63 bits per heavy atom. The van der Waals surface area contributed by atoms with Crippen molar-refractivity contribution in [2.75, 3.05) is 0 Å². The monoisotopic (exact) mass is 250 g/mol. The van der Waals surface area contributed by atoms with Crippen molar-refractivity contribution in [3.05, 3.63) is 53.6 Å². The van der Waals surface area contributed by atoms with Crippen molar-refractivity contribution in [3.8, 4) is 0 Å². The van der Waals surface area contributed by atoms with E-state index in [1.54, 1.807) is 6.92 Å². The number of carbonyl (C=O) groups is 1. The lowest BCUT2D eigenvalue weighted by atomic mass is 9.76. The van der Waals surface area contributed by atoms with Crippen LogP contribution in [0.1, 0.15) is 37.3 Å². The van der Waals surface area contributed by atoms with Crippen LogP contribution in [0.3, 0.4) is 0 Å². The van der Waals surface area contributed by atoms with Crippen LogP contribution in [0.5, 0.6) is 0 Å². The minimum absolute atomic E-state index is 0.0928. The molecule has 2 aromatic rings. The predicted molar refractivity (Wildman–Crippen MR) is 80.2 cm³/mol. The molecule has 0 saturated heterocycles. The third-order valence-corrected chi connectivity index (χ3v) is 4.21. The van der Waals surface area contributed by atoms with E-state index < -0.39 is 0 Å². The van der Waals surface area contributed by atoms with Gasteiger partial charge in [0, 0.05) is 11.8 Å². The van der Waals surface area contributed by atoms with E-state index in [0.29, 0.717) is 0 Å². The number of allylic oxidation sites excluding steroid dienone is 1. The molecule has 1 nitrogen and oxygen atoms in total. The quantitative estimate of drug-likeness (QED) is 0.780. The molecule has 19 heavy (non-hydrogen) atoms. The van der Waals surface area contributed by atoms with Crippen LogP contribution in [0.15, 0.2) is 42.5 Å². The van der Waals surface area contributed by atoms with Crippen LogP contribution in [0.4, 0.5) is 0 Å². The van der Waals surface area contributed by atoms with Crippen molar-refractivity contribution in [2.45, 2.75) is 26.2 Å². The van der Waals surface area contributed by atoms with Gasteiger partial charge in [-0.3, -0.25) is 4.79 Å². The van der Waals surface area contributed by atoms with E-state index in [1.165, 1.54) is 21.9 Å². The van der Waals surface area contributed by atoms with Gasteiger partial charge in [0.2, 0.25) is 0 Å². The van der Waals surface area contributed by atoms with Gasteiger partial charge in [0.1, 0.15) is 5.78 Å². The summed E-state index contributed by atoms with van der Waals surface area (Å²) in [6, 6.07) is 12.8. The highest BCUT2D eigenvalue weighted by Gasteiger charge is 2.27. The summed E-state index contributed by atoms with van der Waals surface area (Å²) in [6.45, 7) is 3.81. The Morgan fingerprint density at radius 1 is 1.21 bits per heavy atom. The highest BCUT2D eigenvalue weighted by Crippen LogP contribution is 2.39. The van der Waals surface area contributed by atoms with Gasteiger partial charge in [-0.25, -0.2) is 0 Å². The maximum Gasteiger partial charge on any atom is 0.133 e. The van der Waals surface area contributed by atoms with Gasteiger partial charge in [-0.05, 0) is 35.2 Å². The molecule has 3 rings (SSSR count). The lowest BCUT2D eigenvalue weighted by Crippen LogP contribution is -2.19. The van der Waals surface area contributed by atoms with E-state index in [0.717, 1.165) is 6.42 Å². The van der Waals surface area contributed by atoms with E-state index >= 15 is 0 Å². The first-order valence-corrected chi connectivity index (χ1v) is 6.92. The first-order valence-electron chi connectivity index (χ1n) is 6.92. The van der Waals surface area contributed by atoms with E-state index in [4.69, 9.17) is 0 Å². The van der Waals surface area contributed by atoms with E-state index in [1.807, 2.05) is 0 Å². The molecule has 0 spiro atoms. The molecule has 0 saturated carbocycles. The van der Waals surface area contributed by atoms with Crippen molar-refractivity contribution < 1.29 is 4.79 Å². The first kappa shape index (κ1) is 12.2. The van der Waals surface area contributed by atoms with E-state index in [-0.39, 0.29) is 17.6 Å². The first-order chi connectivity index (χ1) is 9.22. The Balaban J connectivity index is 2.22. The Bertz CT molecular complexity index is 661. The molecule has 96 valence electrons. The summed E-state index contributed by atoms with van der Waals surface area (Å²) in [5.41, 5.74) is 2.57. The molecule has 0 fully saturated rings. The second kappa shape index (κ2) is 4.65. The molecule has 0 bridgehead atoms. The summed E-state index contributed by atoms with van der Waals surface area (Å²) in [5, 5.41) is 2.58. The topological polar surface area (TPSA) is 17.1 Å². The Morgan fingerprint density at radius 2 is 1.95 bits per heavy atom. The highest BCUT2D eigenvalue weighted by molar-refractivity contribution is 5.96. The van der Waals surface area contributed by atoms with Crippen LogP contribution in [0, 0.1) is 5.92 Å². The highest BCUT2D eigenvalue weighted by atomic mass is 16.1. The molecular formula is C18H18O. The molecule has 2 unspecified atom stereocenters.